The Morgan fingerprint density at radius 1 is 1.29 bits per heavy atom. The maximum atomic E-state index is 12.3. The van der Waals surface area contributed by atoms with Crippen LogP contribution in [0, 0.1) is 5.92 Å². The van der Waals surface area contributed by atoms with E-state index in [1.807, 2.05) is 13.8 Å². The van der Waals surface area contributed by atoms with Crippen molar-refractivity contribution in [2.24, 2.45) is 5.92 Å². The fraction of sp³-hybridized carbons (Fsp3) is 0.833. The van der Waals surface area contributed by atoms with Crippen molar-refractivity contribution in [1.82, 2.24) is 10.2 Å². The van der Waals surface area contributed by atoms with Crippen LogP contribution in [-0.4, -0.2) is 48.6 Å². The Morgan fingerprint density at radius 3 is 2.53 bits per heavy atom. The van der Waals surface area contributed by atoms with Crippen LogP contribution in [0.15, 0.2) is 0 Å². The number of carbonyl (C=O) groups excluding carboxylic acids is 2. The van der Waals surface area contributed by atoms with E-state index >= 15 is 0 Å². The summed E-state index contributed by atoms with van der Waals surface area (Å²) in [6, 6.07) is -0.192. The van der Waals surface area contributed by atoms with Crippen LogP contribution in [-0.2, 0) is 14.3 Å². The number of nitrogens with zero attached hydrogens (tertiary/aromatic N) is 1. The molecule has 0 aliphatic carbocycles. The van der Waals surface area contributed by atoms with Gasteiger partial charge in [-0.3, -0.25) is 9.59 Å². The van der Waals surface area contributed by atoms with Gasteiger partial charge in [-0.1, -0.05) is 13.8 Å². The molecule has 0 radical (unpaired) electrons. The van der Waals surface area contributed by atoms with Crippen molar-refractivity contribution < 1.29 is 14.3 Å². The Bertz CT molecular complexity index is 311. The lowest BCUT2D eigenvalue weighted by Gasteiger charge is -2.40. The first-order valence-electron chi connectivity index (χ1n) is 6.27. The highest BCUT2D eigenvalue weighted by Crippen LogP contribution is 2.19. The van der Waals surface area contributed by atoms with Gasteiger partial charge < -0.3 is 15.0 Å². The largest absolute Gasteiger partial charge is 0.381 e. The van der Waals surface area contributed by atoms with Crippen LogP contribution in [0.1, 0.15) is 26.7 Å². The zero-order chi connectivity index (χ0) is 12.4. The minimum absolute atomic E-state index is 0.0465. The Labute approximate surface area is 101 Å². The molecule has 2 fully saturated rings. The molecule has 1 N–H and O–H groups in total. The molecule has 0 saturated carbocycles. The number of rotatable bonds is 2. The summed E-state index contributed by atoms with van der Waals surface area (Å²) < 4.78 is 5.29. The summed E-state index contributed by atoms with van der Waals surface area (Å²) in [7, 11) is 0. The van der Waals surface area contributed by atoms with E-state index in [4.69, 9.17) is 4.74 Å². The molecule has 96 valence electrons. The molecule has 5 nitrogen and oxygen atoms in total. The molecule has 2 amide bonds. The van der Waals surface area contributed by atoms with E-state index in [0.29, 0.717) is 13.2 Å². The van der Waals surface area contributed by atoms with Gasteiger partial charge in [0.1, 0.15) is 6.04 Å². The lowest BCUT2D eigenvalue weighted by molar-refractivity contribution is -0.149. The highest BCUT2D eigenvalue weighted by molar-refractivity contribution is 5.95. The zero-order valence-corrected chi connectivity index (χ0v) is 10.4. The molecule has 0 bridgehead atoms. The molecule has 2 aliphatic rings. The van der Waals surface area contributed by atoms with Crippen LogP contribution in [0.25, 0.3) is 0 Å². The number of ether oxygens (including phenoxy) is 1. The lowest BCUT2D eigenvalue weighted by atomic mass is 9.97. The molecule has 17 heavy (non-hydrogen) atoms. The summed E-state index contributed by atoms with van der Waals surface area (Å²) >= 11 is 0. The molecular weight excluding hydrogens is 220 g/mol. The first kappa shape index (κ1) is 12.4. The topological polar surface area (TPSA) is 58.6 Å². The van der Waals surface area contributed by atoms with Gasteiger partial charge in [-0.25, -0.2) is 0 Å². The lowest BCUT2D eigenvalue weighted by Crippen LogP contribution is -2.62. The molecule has 2 saturated heterocycles. The third-order valence-electron chi connectivity index (χ3n) is 3.48. The smallest absolute Gasteiger partial charge is 0.246 e. The van der Waals surface area contributed by atoms with Crippen molar-refractivity contribution in [3.8, 4) is 0 Å². The molecular formula is C12H20N2O3. The van der Waals surface area contributed by atoms with Crippen LogP contribution in [0.4, 0.5) is 0 Å². The first-order valence-corrected chi connectivity index (χ1v) is 6.27. The van der Waals surface area contributed by atoms with Gasteiger partial charge >= 0.3 is 0 Å². The van der Waals surface area contributed by atoms with Gasteiger partial charge in [-0.05, 0) is 18.8 Å². The van der Waals surface area contributed by atoms with Gasteiger partial charge in [0.15, 0.2) is 0 Å². The SMILES string of the molecule is CC(C)C1NC(=O)CN(C2CCOCC2)C1=O. The average molecular weight is 240 g/mol. The number of nitrogens with one attached hydrogen (secondary N) is 1. The number of hydrogen-bond donors (Lipinski definition) is 1. The predicted octanol–water partition coefficient (Wildman–Crippen LogP) is 0.148. The fourth-order valence-electron chi connectivity index (χ4n) is 2.45. The van der Waals surface area contributed by atoms with E-state index in [-0.39, 0.29) is 36.4 Å². The summed E-state index contributed by atoms with van der Waals surface area (Å²) in [5, 5.41) is 2.77. The van der Waals surface area contributed by atoms with E-state index in [9.17, 15) is 9.59 Å². The summed E-state index contributed by atoms with van der Waals surface area (Å²) in [6.45, 7) is 5.48. The monoisotopic (exact) mass is 240 g/mol. The van der Waals surface area contributed by atoms with Crippen molar-refractivity contribution in [2.45, 2.75) is 38.8 Å². The highest BCUT2D eigenvalue weighted by Gasteiger charge is 2.38. The molecule has 2 rings (SSSR count). The molecule has 0 aromatic carbocycles. The second-order valence-corrected chi connectivity index (χ2v) is 5.10. The summed E-state index contributed by atoms with van der Waals surface area (Å²) in [6.07, 6.45) is 1.67. The van der Waals surface area contributed by atoms with Gasteiger partial charge in [-0.2, -0.15) is 0 Å². The average Bonchev–Trinajstić information content (AvgIpc) is 2.32. The summed E-state index contributed by atoms with van der Waals surface area (Å²) in [5.41, 5.74) is 0. The minimum atomic E-state index is -0.362. The Kier molecular flexibility index (Phi) is 3.66. The highest BCUT2D eigenvalue weighted by atomic mass is 16.5. The van der Waals surface area contributed by atoms with E-state index in [1.54, 1.807) is 4.90 Å². The molecule has 0 spiro atoms. The third-order valence-corrected chi connectivity index (χ3v) is 3.48. The van der Waals surface area contributed by atoms with Gasteiger partial charge in [-0.15, -0.1) is 0 Å². The molecule has 1 atom stereocenters. The fourth-order valence-corrected chi connectivity index (χ4v) is 2.45. The van der Waals surface area contributed by atoms with E-state index in [2.05, 4.69) is 5.32 Å². The predicted molar refractivity (Wildman–Crippen MR) is 62.3 cm³/mol. The second kappa shape index (κ2) is 5.04. The minimum Gasteiger partial charge on any atom is -0.381 e. The van der Waals surface area contributed by atoms with Crippen molar-refractivity contribution in [3.63, 3.8) is 0 Å². The van der Waals surface area contributed by atoms with Gasteiger partial charge in [0.05, 0.1) is 6.54 Å². The standard InChI is InChI=1S/C12H20N2O3/c1-8(2)11-12(16)14(7-10(15)13-11)9-3-5-17-6-4-9/h8-9,11H,3-7H2,1-2H3,(H,13,15). The van der Waals surface area contributed by atoms with Crippen LogP contribution in [0.3, 0.4) is 0 Å². The molecule has 5 heteroatoms. The Hall–Kier alpha value is -1.10. The van der Waals surface area contributed by atoms with Crippen LogP contribution in [0.5, 0.6) is 0 Å². The zero-order valence-electron chi connectivity index (χ0n) is 10.4. The number of carbonyl (C=O) groups is 2. The maximum Gasteiger partial charge on any atom is 0.246 e. The van der Waals surface area contributed by atoms with E-state index in [1.165, 1.54) is 0 Å². The first-order chi connectivity index (χ1) is 8.09. The Balaban J connectivity index is 2.09. The molecule has 2 aliphatic heterocycles. The van der Waals surface area contributed by atoms with Gasteiger partial charge in [0, 0.05) is 19.3 Å². The number of piperazine rings is 1. The Morgan fingerprint density at radius 2 is 1.94 bits per heavy atom. The molecule has 0 aromatic rings. The van der Waals surface area contributed by atoms with Crippen molar-refractivity contribution in [3.05, 3.63) is 0 Å². The second-order valence-electron chi connectivity index (χ2n) is 5.10. The van der Waals surface area contributed by atoms with Gasteiger partial charge in [0.25, 0.3) is 0 Å². The third kappa shape index (κ3) is 2.60. The van der Waals surface area contributed by atoms with Crippen LogP contribution >= 0.6 is 0 Å². The van der Waals surface area contributed by atoms with Crippen molar-refractivity contribution in [1.29, 1.82) is 0 Å². The normalized spacial score (nSPS) is 27.5. The number of amides is 2. The molecule has 2 heterocycles. The van der Waals surface area contributed by atoms with E-state index < -0.39 is 0 Å². The summed E-state index contributed by atoms with van der Waals surface area (Å²) in [5.74, 6) is 0.149. The van der Waals surface area contributed by atoms with Crippen LogP contribution < -0.4 is 5.32 Å². The van der Waals surface area contributed by atoms with Crippen molar-refractivity contribution >= 4 is 11.8 Å². The van der Waals surface area contributed by atoms with E-state index in [0.717, 1.165) is 12.8 Å². The summed E-state index contributed by atoms with van der Waals surface area (Å²) in [4.78, 5) is 25.7. The van der Waals surface area contributed by atoms with Crippen LogP contribution in [0.2, 0.25) is 0 Å². The molecule has 0 aromatic heterocycles. The van der Waals surface area contributed by atoms with Gasteiger partial charge in [0.2, 0.25) is 11.8 Å². The molecule has 1 unspecified atom stereocenters. The number of hydrogen-bond acceptors (Lipinski definition) is 3. The van der Waals surface area contributed by atoms with Crippen molar-refractivity contribution in [2.75, 3.05) is 19.8 Å². The maximum absolute atomic E-state index is 12.3. The quantitative estimate of drug-likeness (QED) is 0.747.